The predicted octanol–water partition coefficient (Wildman–Crippen LogP) is 4.88. The molecule has 0 heterocycles. The number of fused-ring (bicyclic) bond motifs is 16. The SMILES string of the molecule is N#CC1C2CC(C1c1ccccc1)C1C3CC(C4C5C=CC(C5)C34)C21. The molecule has 5 fully saturated rings. The Morgan fingerprint density at radius 3 is 2.04 bits per heavy atom. The van der Waals surface area contributed by atoms with Gasteiger partial charge in [0.25, 0.3) is 0 Å². The summed E-state index contributed by atoms with van der Waals surface area (Å²) in [6, 6.07) is 13.8. The maximum absolute atomic E-state index is 10.0. The van der Waals surface area contributed by atoms with Crippen LogP contribution in [-0.4, -0.2) is 0 Å². The summed E-state index contributed by atoms with van der Waals surface area (Å²) in [5, 5.41) is 10.0. The minimum absolute atomic E-state index is 0.278. The van der Waals surface area contributed by atoms with Gasteiger partial charge in [0.1, 0.15) is 0 Å². The van der Waals surface area contributed by atoms with Gasteiger partial charge in [-0.1, -0.05) is 42.5 Å². The third-order valence-electron chi connectivity index (χ3n) is 9.73. The number of nitrogens with zero attached hydrogens (tertiary/aromatic N) is 1. The molecule has 1 heteroatoms. The normalized spacial score (nSPS) is 58.5. The van der Waals surface area contributed by atoms with E-state index < -0.39 is 0 Å². The van der Waals surface area contributed by atoms with E-state index in [-0.39, 0.29) is 5.92 Å². The fourth-order valence-corrected chi connectivity index (χ4v) is 9.58. The average molecular weight is 327 g/mol. The van der Waals surface area contributed by atoms with E-state index >= 15 is 0 Å². The first-order valence-electron chi connectivity index (χ1n) is 10.5. The van der Waals surface area contributed by atoms with E-state index in [2.05, 4.69) is 48.6 Å². The Kier molecular flexibility index (Phi) is 2.40. The summed E-state index contributed by atoms with van der Waals surface area (Å²) in [5.41, 5.74) is 1.45. The molecular formula is C24H25N. The van der Waals surface area contributed by atoms with Crippen LogP contribution in [-0.2, 0) is 0 Å². The van der Waals surface area contributed by atoms with Gasteiger partial charge in [0.05, 0.1) is 12.0 Å². The Bertz CT molecular complexity index is 803. The van der Waals surface area contributed by atoms with Crippen LogP contribution in [0.1, 0.15) is 30.7 Å². The molecule has 5 saturated carbocycles. The Labute approximate surface area is 150 Å². The first kappa shape index (κ1) is 13.6. The molecule has 1 aromatic carbocycles. The van der Waals surface area contributed by atoms with Gasteiger partial charge in [0.2, 0.25) is 0 Å². The topological polar surface area (TPSA) is 23.8 Å². The Balaban J connectivity index is 1.31. The van der Waals surface area contributed by atoms with Crippen molar-refractivity contribution in [1.29, 1.82) is 5.26 Å². The van der Waals surface area contributed by atoms with Crippen molar-refractivity contribution in [3.05, 3.63) is 48.0 Å². The molecular weight excluding hydrogens is 302 g/mol. The number of benzene rings is 1. The third-order valence-corrected chi connectivity index (χ3v) is 9.73. The molecule has 0 spiro atoms. The lowest BCUT2D eigenvalue weighted by Crippen LogP contribution is -2.43. The fourth-order valence-electron chi connectivity index (χ4n) is 9.58. The number of nitriles is 1. The van der Waals surface area contributed by atoms with Crippen LogP contribution >= 0.6 is 0 Å². The Morgan fingerprint density at radius 2 is 1.36 bits per heavy atom. The van der Waals surface area contributed by atoms with Gasteiger partial charge in [-0.15, -0.1) is 0 Å². The van der Waals surface area contributed by atoms with Crippen molar-refractivity contribution in [3.63, 3.8) is 0 Å². The zero-order chi connectivity index (χ0) is 16.3. The monoisotopic (exact) mass is 327 g/mol. The Hall–Kier alpha value is -1.55. The molecule has 12 atom stereocenters. The van der Waals surface area contributed by atoms with Crippen LogP contribution in [0.2, 0.25) is 0 Å². The quantitative estimate of drug-likeness (QED) is 0.533. The summed E-state index contributed by atoms with van der Waals surface area (Å²) in [6.07, 6.45) is 9.44. The van der Waals surface area contributed by atoms with Crippen LogP contribution in [0.5, 0.6) is 0 Å². The molecule has 0 N–H and O–H groups in total. The molecule has 0 saturated heterocycles. The van der Waals surface area contributed by atoms with Gasteiger partial charge in [-0.05, 0) is 84.0 Å². The maximum Gasteiger partial charge on any atom is 0.0665 e. The highest BCUT2D eigenvalue weighted by molar-refractivity contribution is 5.33. The van der Waals surface area contributed by atoms with Gasteiger partial charge in [-0.3, -0.25) is 0 Å². The second-order valence-electron chi connectivity index (χ2n) is 9.98. The van der Waals surface area contributed by atoms with Crippen LogP contribution in [0.25, 0.3) is 0 Å². The van der Waals surface area contributed by atoms with E-state index in [1.165, 1.54) is 24.8 Å². The van der Waals surface area contributed by atoms with Crippen molar-refractivity contribution in [2.75, 3.05) is 0 Å². The number of rotatable bonds is 1. The first-order chi connectivity index (χ1) is 12.4. The van der Waals surface area contributed by atoms with Crippen LogP contribution in [0.3, 0.4) is 0 Å². The molecule has 0 aromatic heterocycles. The summed E-state index contributed by atoms with van der Waals surface area (Å²) in [5.74, 6) is 9.89. The summed E-state index contributed by atoms with van der Waals surface area (Å²) < 4.78 is 0. The first-order valence-corrected chi connectivity index (χ1v) is 10.5. The summed E-state index contributed by atoms with van der Waals surface area (Å²) in [7, 11) is 0. The lowest BCUT2D eigenvalue weighted by Gasteiger charge is -2.47. The summed E-state index contributed by atoms with van der Waals surface area (Å²) in [4.78, 5) is 0. The molecule has 6 bridgehead atoms. The van der Waals surface area contributed by atoms with Crippen molar-refractivity contribution >= 4 is 0 Å². The molecule has 1 nitrogen and oxygen atoms in total. The lowest BCUT2D eigenvalue weighted by molar-refractivity contribution is 0.0297. The van der Waals surface area contributed by atoms with Gasteiger partial charge in [-0.25, -0.2) is 0 Å². The van der Waals surface area contributed by atoms with Gasteiger partial charge < -0.3 is 0 Å². The molecule has 0 aliphatic heterocycles. The molecule has 25 heavy (non-hydrogen) atoms. The van der Waals surface area contributed by atoms with Crippen LogP contribution in [0, 0.1) is 76.4 Å². The lowest BCUT2D eigenvalue weighted by atomic mass is 9.56. The molecule has 6 aliphatic carbocycles. The standard InChI is InChI=1S/C24H25N/c25-11-19-15-9-16(20(19)12-4-2-1-3-5-12)24-18-10-17(23(15)24)21-13-6-7-14(8-13)22(18)21/h1-7,13-24H,8-10H2. The summed E-state index contributed by atoms with van der Waals surface area (Å²) in [6.45, 7) is 0. The second-order valence-corrected chi connectivity index (χ2v) is 9.98. The van der Waals surface area contributed by atoms with Crippen molar-refractivity contribution in [3.8, 4) is 6.07 Å². The molecule has 1 aromatic rings. The number of hydrogen-bond donors (Lipinski definition) is 0. The predicted molar refractivity (Wildman–Crippen MR) is 96.2 cm³/mol. The highest BCUT2D eigenvalue weighted by atomic mass is 14.8. The van der Waals surface area contributed by atoms with Crippen LogP contribution in [0.4, 0.5) is 0 Å². The van der Waals surface area contributed by atoms with E-state index in [1.807, 2.05) is 0 Å². The smallest absolute Gasteiger partial charge is 0.0665 e. The maximum atomic E-state index is 10.0. The molecule has 0 radical (unpaired) electrons. The molecule has 12 unspecified atom stereocenters. The van der Waals surface area contributed by atoms with E-state index in [9.17, 15) is 5.26 Å². The highest BCUT2D eigenvalue weighted by Crippen LogP contribution is 2.78. The van der Waals surface area contributed by atoms with Crippen molar-refractivity contribution < 1.29 is 0 Å². The average Bonchev–Trinajstić information content (AvgIpc) is 3.47. The van der Waals surface area contributed by atoms with Crippen molar-refractivity contribution in [1.82, 2.24) is 0 Å². The van der Waals surface area contributed by atoms with E-state index in [0.29, 0.717) is 11.8 Å². The van der Waals surface area contributed by atoms with Gasteiger partial charge >= 0.3 is 0 Å². The van der Waals surface area contributed by atoms with Gasteiger partial charge in [-0.2, -0.15) is 5.26 Å². The van der Waals surface area contributed by atoms with Gasteiger partial charge in [0.15, 0.2) is 0 Å². The van der Waals surface area contributed by atoms with E-state index in [1.54, 1.807) is 0 Å². The molecule has 6 aliphatic rings. The fraction of sp³-hybridized carbons (Fsp3) is 0.625. The van der Waals surface area contributed by atoms with Gasteiger partial charge in [0, 0.05) is 5.92 Å². The minimum atomic E-state index is 0.278. The minimum Gasteiger partial charge on any atom is -0.198 e. The zero-order valence-corrected chi connectivity index (χ0v) is 14.5. The number of hydrogen-bond acceptors (Lipinski definition) is 1. The van der Waals surface area contributed by atoms with E-state index in [4.69, 9.17) is 0 Å². The number of allylic oxidation sites excluding steroid dienone is 2. The zero-order valence-electron chi connectivity index (χ0n) is 14.5. The molecule has 0 amide bonds. The van der Waals surface area contributed by atoms with Crippen molar-refractivity contribution in [2.24, 2.45) is 65.1 Å². The Morgan fingerprint density at radius 1 is 0.720 bits per heavy atom. The molecule has 126 valence electrons. The van der Waals surface area contributed by atoms with E-state index in [0.717, 1.165) is 53.3 Å². The van der Waals surface area contributed by atoms with Crippen LogP contribution in [0.15, 0.2) is 42.5 Å². The van der Waals surface area contributed by atoms with Crippen molar-refractivity contribution in [2.45, 2.75) is 25.2 Å². The van der Waals surface area contributed by atoms with Crippen LogP contribution < -0.4 is 0 Å². The molecule has 7 rings (SSSR count). The summed E-state index contributed by atoms with van der Waals surface area (Å²) >= 11 is 0. The third kappa shape index (κ3) is 1.42. The largest absolute Gasteiger partial charge is 0.198 e. The second kappa shape index (κ2) is 4.40. The highest BCUT2D eigenvalue weighted by Gasteiger charge is 2.72.